The minimum atomic E-state index is -1.25. The Kier molecular flexibility index (Phi) is 5.02. The number of carbonyl (C=O) groups excluding carboxylic acids is 2. The minimum Gasteiger partial charge on any atom is -0.457 e. The van der Waals surface area contributed by atoms with Crippen LogP contribution in [0.4, 0.5) is 5.69 Å². The first-order valence-corrected chi connectivity index (χ1v) is 6.24. The van der Waals surface area contributed by atoms with E-state index in [9.17, 15) is 19.7 Å². The van der Waals surface area contributed by atoms with Crippen LogP contribution in [0.1, 0.15) is 39.4 Å². The van der Waals surface area contributed by atoms with Gasteiger partial charge in [-0.15, -0.1) is 0 Å². The Hall–Kier alpha value is -2.44. The number of non-ortho nitro benzene ring substituents is 1. The zero-order valence-corrected chi connectivity index (χ0v) is 12.3. The molecule has 0 saturated heterocycles. The molecule has 114 valence electrons. The molecule has 1 atom stereocenters. The monoisotopic (exact) mass is 295 g/mol. The smallest absolute Gasteiger partial charge is 0.352 e. The molecule has 0 aliphatic rings. The first-order valence-electron chi connectivity index (χ1n) is 6.24. The maximum atomic E-state index is 12.1. The molecule has 7 nitrogen and oxygen atoms in total. The Labute approximate surface area is 122 Å². The summed E-state index contributed by atoms with van der Waals surface area (Å²) in [6.07, 6.45) is -1.25. The first-order chi connectivity index (χ1) is 9.60. The third kappa shape index (κ3) is 5.21. The van der Waals surface area contributed by atoms with Gasteiger partial charge in [0.15, 0.2) is 0 Å². The lowest BCUT2D eigenvalue weighted by molar-refractivity contribution is -0.384. The molecule has 0 fully saturated rings. The van der Waals surface area contributed by atoms with Gasteiger partial charge in [0.25, 0.3) is 5.69 Å². The predicted molar refractivity (Wildman–Crippen MR) is 73.4 cm³/mol. The highest BCUT2D eigenvalue weighted by Crippen LogP contribution is 2.24. The summed E-state index contributed by atoms with van der Waals surface area (Å²) in [4.78, 5) is 33.3. The normalized spacial score (nSPS) is 12.4. The van der Waals surface area contributed by atoms with Crippen LogP contribution in [-0.2, 0) is 19.1 Å². The lowest BCUT2D eigenvalue weighted by Gasteiger charge is -2.23. The molecular formula is C14H17NO6. The topological polar surface area (TPSA) is 95.7 Å². The molecule has 0 N–H and O–H groups in total. The van der Waals surface area contributed by atoms with Gasteiger partial charge in [0.05, 0.1) is 4.92 Å². The van der Waals surface area contributed by atoms with Crippen LogP contribution in [0.3, 0.4) is 0 Å². The van der Waals surface area contributed by atoms with E-state index in [2.05, 4.69) is 0 Å². The summed E-state index contributed by atoms with van der Waals surface area (Å²) in [7, 11) is 0. The van der Waals surface area contributed by atoms with Crippen molar-refractivity contribution in [2.24, 2.45) is 0 Å². The molecular weight excluding hydrogens is 278 g/mol. The van der Waals surface area contributed by atoms with Crippen molar-refractivity contribution in [3.05, 3.63) is 39.9 Å². The molecule has 0 spiro atoms. The lowest BCUT2D eigenvalue weighted by Crippen LogP contribution is -2.29. The minimum absolute atomic E-state index is 0.121. The molecule has 0 aliphatic carbocycles. The van der Waals surface area contributed by atoms with Crippen molar-refractivity contribution in [1.82, 2.24) is 0 Å². The number of nitrogens with zero attached hydrogens (tertiary/aromatic N) is 1. The van der Waals surface area contributed by atoms with E-state index in [1.807, 2.05) is 0 Å². The number of nitro groups is 1. The molecule has 0 radical (unpaired) electrons. The van der Waals surface area contributed by atoms with E-state index in [-0.39, 0.29) is 5.69 Å². The van der Waals surface area contributed by atoms with Crippen LogP contribution >= 0.6 is 0 Å². The zero-order valence-electron chi connectivity index (χ0n) is 12.3. The van der Waals surface area contributed by atoms with Gasteiger partial charge >= 0.3 is 11.9 Å². The molecule has 21 heavy (non-hydrogen) atoms. The Morgan fingerprint density at radius 1 is 1.19 bits per heavy atom. The van der Waals surface area contributed by atoms with Crippen LogP contribution in [0.5, 0.6) is 0 Å². The molecule has 0 bridgehead atoms. The van der Waals surface area contributed by atoms with Gasteiger partial charge in [-0.05, 0) is 32.9 Å². The number of benzene rings is 1. The predicted octanol–water partition coefficient (Wildman–Crippen LogP) is 2.54. The summed E-state index contributed by atoms with van der Waals surface area (Å²) in [6, 6.07) is 5.18. The number of hydrogen-bond donors (Lipinski definition) is 0. The lowest BCUT2D eigenvalue weighted by atomic mass is 10.1. The highest BCUT2D eigenvalue weighted by Gasteiger charge is 2.29. The quantitative estimate of drug-likeness (QED) is 0.481. The number of ether oxygens (including phenoxy) is 2. The van der Waals surface area contributed by atoms with Crippen molar-refractivity contribution < 1.29 is 24.0 Å². The zero-order chi connectivity index (χ0) is 16.2. The summed E-state index contributed by atoms with van der Waals surface area (Å²) < 4.78 is 10.1. The second-order valence-corrected chi connectivity index (χ2v) is 5.37. The standard InChI is InChI=1S/C14H17NO6/c1-9(16)20-12(13(17)21-14(2,3)4)10-5-7-11(8-6-10)15(18)19/h5-8,12H,1-4H3. The largest absolute Gasteiger partial charge is 0.457 e. The van der Waals surface area contributed by atoms with Crippen molar-refractivity contribution in [2.75, 3.05) is 0 Å². The van der Waals surface area contributed by atoms with Crippen molar-refractivity contribution in [1.29, 1.82) is 0 Å². The summed E-state index contributed by atoms with van der Waals surface area (Å²) >= 11 is 0. The number of nitro benzene ring substituents is 1. The summed E-state index contributed by atoms with van der Waals surface area (Å²) in [5, 5.41) is 10.6. The average Bonchev–Trinajstić information content (AvgIpc) is 2.33. The van der Waals surface area contributed by atoms with Gasteiger partial charge in [-0.3, -0.25) is 14.9 Å². The molecule has 0 heterocycles. The van der Waals surface area contributed by atoms with Gasteiger partial charge in [-0.1, -0.05) is 0 Å². The SMILES string of the molecule is CC(=O)OC(C(=O)OC(C)(C)C)c1ccc([N+](=O)[O-])cc1. The fourth-order valence-electron chi connectivity index (χ4n) is 1.54. The third-order valence-electron chi connectivity index (χ3n) is 2.31. The van der Waals surface area contributed by atoms with Gasteiger partial charge in [0.1, 0.15) is 5.60 Å². The molecule has 0 aliphatic heterocycles. The van der Waals surface area contributed by atoms with Crippen molar-refractivity contribution >= 4 is 17.6 Å². The second-order valence-electron chi connectivity index (χ2n) is 5.37. The molecule has 0 amide bonds. The number of esters is 2. The summed E-state index contributed by atoms with van der Waals surface area (Å²) in [6.45, 7) is 6.23. The van der Waals surface area contributed by atoms with Crippen LogP contribution in [0.25, 0.3) is 0 Å². The van der Waals surface area contributed by atoms with Gasteiger partial charge < -0.3 is 9.47 Å². The molecule has 1 aromatic rings. The number of rotatable bonds is 4. The van der Waals surface area contributed by atoms with E-state index < -0.39 is 28.6 Å². The Morgan fingerprint density at radius 3 is 2.10 bits per heavy atom. The highest BCUT2D eigenvalue weighted by molar-refractivity contribution is 5.80. The van der Waals surface area contributed by atoms with Crippen molar-refractivity contribution in [2.45, 2.75) is 39.4 Å². The third-order valence-corrected chi connectivity index (χ3v) is 2.31. The molecule has 0 aromatic heterocycles. The highest BCUT2D eigenvalue weighted by atomic mass is 16.6. The van der Waals surface area contributed by atoms with E-state index in [1.165, 1.54) is 31.2 Å². The maximum absolute atomic E-state index is 12.1. The Balaban J connectivity index is 3.04. The van der Waals surface area contributed by atoms with E-state index in [1.54, 1.807) is 20.8 Å². The van der Waals surface area contributed by atoms with Gasteiger partial charge in [0.2, 0.25) is 6.10 Å². The van der Waals surface area contributed by atoms with Crippen molar-refractivity contribution in [3.63, 3.8) is 0 Å². The molecule has 0 saturated carbocycles. The fourth-order valence-corrected chi connectivity index (χ4v) is 1.54. The van der Waals surface area contributed by atoms with Gasteiger partial charge in [-0.2, -0.15) is 0 Å². The van der Waals surface area contributed by atoms with E-state index in [0.717, 1.165) is 0 Å². The summed E-state index contributed by atoms with van der Waals surface area (Å²) in [5.74, 6) is -1.38. The van der Waals surface area contributed by atoms with Crippen LogP contribution in [0, 0.1) is 10.1 Å². The number of carbonyl (C=O) groups is 2. The van der Waals surface area contributed by atoms with Crippen molar-refractivity contribution in [3.8, 4) is 0 Å². The van der Waals surface area contributed by atoms with Gasteiger partial charge in [-0.25, -0.2) is 4.79 Å². The number of hydrogen-bond acceptors (Lipinski definition) is 6. The molecule has 7 heteroatoms. The summed E-state index contributed by atoms with van der Waals surface area (Å²) in [5.41, 5.74) is -0.550. The van der Waals surface area contributed by atoms with Crippen LogP contribution in [0.2, 0.25) is 0 Å². The van der Waals surface area contributed by atoms with Crippen LogP contribution in [0.15, 0.2) is 24.3 Å². The Morgan fingerprint density at radius 2 is 1.71 bits per heavy atom. The average molecular weight is 295 g/mol. The Bertz CT molecular complexity index is 544. The van der Waals surface area contributed by atoms with Gasteiger partial charge in [0, 0.05) is 24.6 Å². The van der Waals surface area contributed by atoms with E-state index in [4.69, 9.17) is 9.47 Å². The first kappa shape index (κ1) is 16.6. The van der Waals surface area contributed by atoms with E-state index >= 15 is 0 Å². The molecule has 1 aromatic carbocycles. The molecule has 1 unspecified atom stereocenters. The maximum Gasteiger partial charge on any atom is 0.352 e. The van der Waals surface area contributed by atoms with Crippen LogP contribution < -0.4 is 0 Å². The van der Waals surface area contributed by atoms with Crippen LogP contribution in [-0.4, -0.2) is 22.5 Å². The fraction of sp³-hybridized carbons (Fsp3) is 0.429. The van der Waals surface area contributed by atoms with E-state index in [0.29, 0.717) is 5.56 Å². The second kappa shape index (κ2) is 6.34. The molecule has 1 rings (SSSR count).